The molecule has 0 aromatic heterocycles. The first kappa shape index (κ1) is 25.2. The van der Waals surface area contributed by atoms with E-state index in [9.17, 15) is 10.2 Å². The van der Waals surface area contributed by atoms with E-state index in [-0.39, 0.29) is 24.3 Å². The van der Waals surface area contributed by atoms with Crippen molar-refractivity contribution in [1.82, 2.24) is 4.90 Å². The van der Waals surface area contributed by atoms with Gasteiger partial charge in [0.25, 0.3) is 0 Å². The molecule has 1 aliphatic heterocycles. The number of nitrogens with zero attached hydrogens (tertiary/aromatic N) is 2. The van der Waals surface area contributed by atoms with E-state index in [0.717, 1.165) is 50.4 Å². The number of hydrogen-bond donors (Lipinski definition) is 2. The Balaban J connectivity index is 1.38. The Labute approximate surface area is 207 Å². The molecule has 1 saturated heterocycles. The van der Waals surface area contributed by atoms with E-state index in [1.54, 1.807) is 0 Å². The first-order valence-corrected chi connectivity index (χ1v) is 14.3. The minimum atomic E-state index is -0.206. The second kappa shape index (κ2) is 9.11. The number of aliphatic hydroxyl groups is 2. The summed E-state index contributed by atoms with van der Waals surface area (Å²) in [5.41, 5.74) is 1.98. The van der Waals surface area contributed by atoms with Crippen LogP contribution in [0.1, 0.15) is 86.0 Å². The second-order valence-electron chi connectivity index (χ2n) is 13.7. The third-order valence-corrected chi connectivity index (χ3v) is 11.8. The number of aliphatic hydroxyl groups excluding tert-OH is 2. The van der Waals surface area contributed by atoms with Gasteiger partial charge in [-0.2, -0.15) is 0 Å². The van der Waals surface area contributed by atoms with Gasteiger partial charge in [-0.05, 0) is 107 Å². The van der Waals surface area contributed by atoms with Crippen LogP contribution < -0.4 is 0 Å². The van der Waals surface area contributed by atoms with E-state index in [1.807, 2.05) is 0 Å². The van der Waals surface area contributed by atoms with Gasteiger partial charge < -0.3 is 14.9 Å². The van der Waals surface area contributed by atoms with Crippen LogP contribution in [0.2, 0.25) is 0 Å². The third-order valence-electron chi connectivity index (χ3n) is 11.8. The van der Waals surface area contributed by atoms with Gasteiger partial charge in [-0.15, -0.1) is 0 Å². The summed E-state index contributed by atoms with van der Waals surface area (Å²) in [6, 6.07) is 0.261. The first-order chi connectivity index (χ1) is 16.1. The molecule has 0 aromatic carbocycles. The quantitative estimate of drug-likeness (QED) is 0.587. The summed E-state index contributed by atoms with van der Waals surface area (Å²) >= 11 is 0. The first-order valence-electron chi connectivity index (χ1n) is 14.3. The lowest BCUT2D eigenvalue weighted by Crippen LogP contribution is -2.65. The van der Waals surface area contributed by atoms with Crippen molar-refractivity contribution in [2.75, 3.05) is 32.9 Å². The van der Waals surface area contributed by atoms with Crippen molar-refractivity contribution in [2.45, 2.75) is 104 Å². The highest BCUT2D eigenvalue weighted by Gasteiger charge is 2.62. The maximum atomic E-state index is 11.3. The summed E-state index contributed by atoms with van der Waals surface area (Å²) in [6.07, 6.45) is 9.84. The maximum Gasteiger partial charge on any atom is 0.0698 e. The van der Waals surface area contributed by atoms with Crippen LogP contribution in [-0.2, 0) is 4.74 Å². The van der Waals surface area contributed by atoms with Crippen molar-refractivity contribution in [2.24, 2.45) is 45.4 Å². The highest BCUT2D eigenvalue weighted by atomic mass is 16.5. The van der Waals surface area contributed by atoms with Gasteiger partial charge >= 0.3 is 0 Å². The fourth-order valence-electron chi connectivity index (χ4n) is 10.1. The molecule has 194 valence electrons. The molecule has 0 radical (unpaired) electrons. The van der Waals surface area contributed by atoms with Crippen LogP contribution in [0.5, 0.6) is 0 Å². The van der Waals surface area contributed by atoms with Gasteiger partial charge in [-0.25, -0.2) is 0 Å². The van der Waals surface area contributed by atoms with Crippen LogP contribution in [0.15, 0.2) is 4.99 Å². The Morgan fingerprint density at radius 2 is 1.79 bits per heavy atom. The van der Waals surface area contributed by atoms with Gasteiger partial charge in [0.15, 0.2) is 0 Å². The molecule has 5 heteroatoms. The molecular formula is C29H50N2O3. The molecule has 9 atom stereocenters. The molecular weight excluding hydrogens is 424 g/mol. The SMILES string of the molecule is CC(=NCCO)[C@H]1CC[C@H]2[C@@H]3CC[C@H]4C[C@H](O)[C@@H](N5CCOCC5(C)C)C[C@]4(C)[C@H]3CC[C@]12C. The van der Waals surface area contributed by atoms with Crippen molar-refractivity contribution in [3.8, 4) is 0 Å². The maximum absolute atomic E-state index is 11.3. The average molecular weight is 475 g/mol. The van der Waals surface area contributed by atoms with E-state index in [2.05, 4.69) is 39.5 Å². The number of hydrogen-bond acceptors (Lipinski definition) is 5. The zero-order valence-electron chi connectivity index (χ0n) is 22.4. The molecule has 5 aliphatic rings. The zero-order chi connectivity index (χ0) is 24.3. The Hall–Kier alpha value is -0.490. The van der Waals surface area contributed by atoms with Gasteiger partial charge in [-0.3, -0.25) is 9.89 Å². The summed E-state index contributed by atoms with van der Waals surface area (Å²) in [5.74, 6) is 3.67. The normalized spacial score (nSPS) is 49.3. The molecule has 0 aromatic rings. The molecule has 0 amide bonds. The van der Waals surface area contributed by atoms with Crippen LogP contribution >= 0.6 is 0 Å². The van der Waals surface area contributed by atoms with Gasteiger partial charge in [0.2, 0.25) is 0 Å². The van der Waals surface area contributed by atoms with Gasteiger partial charge in [-0.1, -0.05) is 13.8 Å². The number of ether oxygens (including phenoxy) is 1. The molecule has 4 aliphatic carbocycles. The molecule has 1 heterocycles. The topological polar surface area (TPSA) is 65.3 Å². The van der Waals surface area contributed by atoms with E-state index in [0.29, 0.717) is 29.2 Å². The molecule has 34 heavy (non-hydrogen) atoms. The molecule has 5 nitrogen and oxygen atoms in total. The number of rotatable bonds is 4. The second-order valence-corrected chi connectivity index (χ2v) is 13.7. The summed E-state index contributed by atoms with van der Waals surface area (Å²) in [7, 11) is 0. The average Bonchev–Trinajstić information content (AvgIpc) is 3.15. The lowest BCUT2D eigenvalue weighted by Gasteiger charge is -2.63. The van der Waals surface area contributed by atoms with Gasteiger partial charge in [0.1, 0.15) is 0 Å². The highest BCUT2D eigenvalue weighted by Crippen LogP contribution is 2.67. The summed E-state index contributed by atoms with van der Waals surface area (Å²) in [5, 5.41) is 20.6. The fourth-order valence-corrected chi connectivity index (χ4v) is 10.1. The van der Waals surface area contributed by atoms with E-state index in [1.165, 1.54) is 44.2 Å². The largest absolute Gasteiger partial charge is 0.394 e. The van der Waals surface area contributed by atoms with Crippen molar-refractivity contribution in [3.05, 3.63) is 0 Å². The lowest BCUT2D eigenvalue weighted by atomic mass is 9.44. The predicted octanol–water partition coefficient (Wildman–Crippen LogP) is 4.55. The monoisotopic (exact) mass is 474 g/mol. The standard InChI is InChI=1S/C29H50N2O3/c1-19(30-12-14-32)22-8-9-23-21-7-6-20-16-26(33)25(31-13-15-34-18-27(31,2)3)17-29(20,5)24(21)10-11-28(22,23)4/h20-26,32-33H,6-18H2,1-5H3/t20-,21-,22+,23-,24-,25-,26-,28+,29-/m0/s1. The number of fused-ring (bicyclic) bond motifs is 5. The zero-order valence-corrected chi connectivity index (χ0v) is 22.4. The van der Waals surface area contributed by atoms with Crippen molar-refractivity contribution < 1.29 is 14.9 Å². The minimum absolute atomic E-state index is 0.00357. The van der Waals surface area contributed by atoms with Crippen LogP contribution in [-0.4, -0.2) is 71.4 Å². The molecule has 5 rings (SSSR count). The Morgan fingerprint density at radius 3 is 2.53 bits per heavy atom. The predicted molar refractivity (Wildman–Crippen MR) is 137 cm³/mol. The molecule has 5 fully saturated rings. The van der Waals surface area contributed by atoms with Crippen molar-refractivity contribution >= 4 is 5.71 Å². The summed E-state index contributed by atoms with van der Waals surface area (Å²) < 4.78 is 5.82. The van der Waals surface area contributed by atoms with Crippen LogP contribution in [0.3, 0.4) is 0 Å². The van der Waals surface area contributed by atoms with Crippen LogP contribution in [0, 0.1) is 40.4 Å². The molecule has 0 unspecified atom stereocenters. The van der Waals surface area contributed by atoms with Gasteiger partial charge in [0.05, 0.1) is 32.5 Å². The summed E-state index contributed by atoms with van der Waals surface area (Å²) in [6.45, 7) is 15.2. The highest BCUT2D eigenvalue weighted by molar-refractivity contribution is 5.85. The van der Waals surface area contributed by atoms with E-state index >= 15 is 0 Å². The van der Waals surface area contributed by atoms with Crippen LogP contribution in [0.25, 0.3) is 0 Å². The molecule has 4 saturated carbocycles. The Bertz CT molecular complexity index is 783. The third kappa shape index (κ3) is 3.92. The van der Waals surface area contributed by atoms with Crippen molar-refractivity contribution in [3.63, 3.8) is 0 Å². The smallest absolute Gasteiger partial charge is 0.0698 e. The number of morpholine rings is 1. The van der Waals surface area contributed by atoms with Crippen molar-refractivity contribution in [1.29, 1.82) is 0 Å². The Kier molecular flexibility index (Phi) is 6.75. The minimum Gasteiger partial charge on any atom is -0.394 e. The summed E-state index contributed by atoms with van der Waals surface area (Å²) in [4.78, 5) is 7.35. The molecule has 0 spiro atoms. The molecule has 2 N–H and O–H groups in total. The Morgan fingerprint density at radius 1 is 1.03 bits per heavy atom. The number of aliphatic imine (C=N–C) groups is 1. The lowest BCUT2D eigenvalue weighted by molar-refractivity contribution is -0.171. The van der Waals surface area contributed by atoms with Crippen LogP contribution in [0.4, 0.5) is 0 Å². The van der Waals surface area contributed by atoms with E-state index < -0.39 is 0 Å². The molecule has 0 bridgehead atoms. The fraction of sp³-hybridized carbons (Fsp3) is 0.966. The van der Waals surface area contributed by atoms with Gasteiger partial charge in [0, 0.05) is 29.8 Å². The van der Waals surface area contributed by atoms with E-state index in [4.69, 9.17) is 9.73 Å².